The molecule has 0 saturated heterocycles. The van der Waals surface area contributed by atoms with Crippen molar-refractivity contribution < 1.29 is 27.4 Å². The van der Waals surface area contributed by atoms with Gasteiger partial charge in [-0.15, -0.1) is 0 Å². The Labute approximate surface area is 277 Å². The minimum absolute atomic E-state index is 0.0208. The van der Waals surface area contributed by atoms with Gasteiger partial charge in [-0.25, -0.2) is 13.4 Å². The largest absolute Gasteiger partial charge is 0.497 e. The Morgan fingerprint density at radius 1 is 0.783 bits per heavy atom. The summed E-state index contributed by atoms with van der Waals surface area (Å²) in [5.41, 5.74) is 2.33. The lowest BCUT2D eigenvalue weighted by atomic mass is 10.1. The first-order chi connectivity index (χ1) is 22.1. The number of sulfonamides is 1. The molecule has 5 rings (SSSR count). The van der Waals surface area contributed by atoms with E-state index >= 15 is 0 Å². The van der Waals surface area contributed by atoms with Crippen LogP contribution in [-0.2, 0) is 34.3 Å². The van der Waals surface area contributed by atoms with Crippen molar-refractivity contribution in [2.45, 2.75) is 24.4 Å². The number of carbonyl (C=O) groups excluding carboxylic acids is 1. The fourth-order valence-corrected chi connectivity index (χ4v) is 7.07. The minimum Gasteiger partial charge on any atom is -0.497 e. The van der Waals surface area contributed by atoms with Crippen molar-refractivity contribution in [2.75, 3.05) is 26.6 Å². The zero-order valence-corrected chi connectivity index (χ0v) is 27.6. The Hall–Kier alpha value is -4.35. The van der Waals surface area contributed by atoms with Crippen LogP contribution in [0, 0.1) is 0 Å². The summed E-state index contributed by atoms with van der Waals surface area (Å²) in [5.74, 6) is 1.12. The van der Waals surface area contributed by atoms with Gasteiger partial charge in [-0.1, -0.05) is 53.5 Å². The van der Waals surface area contributed by atoms with Crippen LogP contribution in [0.4, 0.5) is 5.69 Å². The van der Waals surface area contributed by atoms with Gasteiger partial charge in [-0.05, 0) is 71.3 Å². The van der Waals surface area contributed by atoms with Gasteiger partial charge in [-0.3, -0.25) is 4.79 Å². The highest BCUT2D eigenvalue weighted by Crippen LogP contribution is 2.35. The van der Waals surface area contributed by atoms with Gasteiger partial charge in [0.1, 0.15) is 11.5 Å². The van der Waals surface area contributed by atoms with Gasteiger partial charge >= 0.3 is 0 Å². The van der Waals surface area contributed by atoms with E-state index in [0.29, 0.717) is 37.9 Å². The Morgan fingerprint density at radius 2 is 1.39 bits per heavy atom. The van der Waals surface area contributed by atoms with Crippen molar-refractivity contribution in [2.24, 2.45) is 0 Å². The maximum Gasteiger partial charge on any atom is 0.244 e. The number of amides is 1. The molecular weight excluding hydrogens is 649 g/mol. The Morgan fingerprint density at radius 3 is 1.93 bits per heavy atom. The van der Waals surface area contributed by atoms with Crippen LogP contribution in [0.5, 0.6) is 17.4 Å². The molecule has 0 bridgehead atoms. The average molecular weight is 681 g/mol. The summed E-state index contributed by atoms with van der Waals surface area (Å²) >= 11 is 12.3. The van der Waals surface area contributed by atoms with Gasteiger partial charge in [0.25, 0.3) is 0 Å². The predicted molar refractivity (Wildman–Crippen MR) is 180 cm³/mol. The molecule has 1 aromatic heterocycles. The number of halogens is 2. The van der Waals surface area contributed by atoms with Gasteiger partial charge < -0.3 is 19.5 Å². The first-order valence-corrected chi connectivity index (χ1v) is 16.3. The summed E-state index contributed by atoms with van der Waals surface area (Å²) in [6, 6.07) is 24.0. The molecule has 9 nitrogen and oxygen atoms in total. The van der Waals surface area contributed by atoms with E-state index < -0.39 is 15.9 Å². The normalized spacial score (nSPS) is 11.4. The highest BCUT2D eigenvalue weighted by Gasteiger charge is 2.29. The number of benzene rings is 4. The molecule has 1 N–H and O–H groups in total. The molecule has 0 aliphatic rings. The van der Waals surface area contributed by atoms with Crippen LogP contribution in [-0.4, -0.2) is 44.9 Å². The topological polar surface area (TPSA) is 107 Å². The Kier molecular flexibility index (Phi) is 10.3. The maximum absolute atomic E-state index is 14.7. The van der Waals surface area contributed by atoms with Crippen LogP contribution < -0.4 is 19.5 Å². The van der Waals surface area contributed by atoms with E-state index in [2.05, 4.69) is 10.3 Å². The van der Waals surface area contributed by atoms with Crippen molar-refractivity contribution >= 4 is 55.6 Å². The highest BCUT2D eigenvalue weighted by molar-refractivity contribution is 7.89. The van der Waals surface area contributed by atoms with Crippen LogP contribution in [0.1, 0.15) is 16.7 Å². The minimum atomic E-state index is -4.21. The Bertz CT molecular complexity index is 1920. The molecule has 1 heterocycles. The second kappa shape index (κ2) is 14.4. The summed E-state index contributed by atoms with van der Waals surface area (Å²) < 4.78 is 46.8. The molecule has 1 amide bonds. The third-order valence-electron chi connectivity index (χ3n) is 7.30. The van der Waals surface area contributed by atoms with Crippen molar-refractivity contribution in [3.05, 3.63) is 118 Å². The molecule has 0 unspecified atom stereocenters. The van der Waals surface area contributed by atoms with E-state index in [1.165, 1.54) is 23.7 Å². The number of ether oxygens (including phenoxy) is 3. The van der Waals surface area contributed by atoms with Gasteiger partial charge in [0, 0.05) is 45.8 Å². The number of methoxy groups -OCH3 is 3. The number of fused-ring (bicyclic) bond motifs is 1. The van der Waals surface area contributed by atoms with Gasteiger partial charge in [0.2, 0.25) is 21.8 Å². The van der Waals surface area contributed by atoms with Gasteiger partial charge in [0.05, 0.1) is 32.6 Å². The Balaban J connectivity index is 1.57. The number of rotatable bonds is 12. The van der Waals surface area contributed by atoms with E-state index in [9.17, 15) is 13.2 Å². The van der Waals surface area contributed by atoms with E-state index in [1.54, 1.807) is 68.8 Å². The molecule has 0 saturated carbocycles. The summed E-state index contributed by atoms with van der Waals surface area (Å²) in [4.78, 5) is 17.4. The molecule has 4 aromatic carbocycles. The van der Waals surface area contributed by atoms with Crippen LogP contribution in [0.3, 0.4) is 0 Å². The zero-order chi connectivity index (χ0) is 32.8. The number of nitrogens with zero attached hydrogens (tertiary/aromatic N) is 2. The number of aromatic nitrogens is 1. The third kappa shape index (κ3) is 7.54. The van der Waals surface area contributed by atoms with E-state index in [1.807, 2.05) is 24.3 Å². The molecule has 5 aromatic rings. The van der Waals surface area contributed by atoms with Crippen LogP contribution >= 0.6 is 23.2 Å². The lowest BCUT2D eigenvalue weighted by Crippen LogP contribution is -2.30. The fraction of sp³-hybridized carbons (Fsp3) is 0.176. The smallest absolute Gasteiger partial charge is 0.244 e. The zero-order valence-electron chi connectivity index (χ0n) is 25.3. The number of nitrogens with one attached hydrogen (secondary N) is 1. The lowest BCUT2D eigenvalue weighted by Gasteiger charge is -2.24. The molecule has 0 aliphatic heterocycles. The quantitative estimate of drug-likeness (QED) is 0.149. The predicted octanol–water partition coefficient (Wildman–Crippen LogP) is 7.14. The summed E-state index contributed by atoms with van der Waals surface area (Å²) in [6.45, 7) is 0.126. The van der Waals surface area contributed by atoms with Crippen LogP contribution in [0.15, 0.2) is 96.0 Å². The van der Waals surface area contributed by atoms with E-state index in [0.717, 1.165) is 11.1 Å². The molecule has 0 aliphatic carbocycles. The molecule has 0 atom stereocenters. The summed E-state index contributed by atoms with van der Waals surface area (Å²) in [7, 11) is 0.377. The summed E-state index contributed by atoms with van der Waals surface area (Å²) in [5, 5.41) is 4.43. The molecule has 0 radical (unpaired) electrons. The van der Waals surface area contributed by atoms with Crippen molar-refractivity contribution in [3.63, 3.8) is 0 Å². The lowest BCUT2D eigenvalue weighted by molar-refractivity contribution is -0.115. The van der Waals surface area contributed by atoms with E-state index in [4.69, 9.17) is 37.4 Å². The van der Waals surface area contributed by atoms with Gasteiger partial charge in [0.15, 0.2) is 0 Å². The monoisotopic (exact) mass is 679 g/mol. The summed E-state index contributed by atoms with van der Waals surface area (Å²) in [6.07, 6.45) is 1.43. The SMILES string of the molecule is COc1ccc(CN(Cc2ccc(OC)cc2)S(=O)(=O)c2cc(NC(=O)Cc3ccc(Cl)cc3Cl)cc3c(OC)nccc23)cc1. The first kappa shape index (κ1) is 33.0. The second-order valence-electron chi connectivity index (χ2n) is 10.3. The number of hydrogen-bond donors (Lipinski definition) is 1. The average Bonchev–Trinajstić information content (AvgIpc) is 3.05. The molecular formula is C34H31Cl2N3O6S. The van der Waals surface area contributed by atoms with Crippen molar-refractivity contribution in [3.8, 4) is 17.4 Å². The van der Waals surface area contributed by atoms with Crippen LogP contribution in [0.2, 0.25) is 10.0 Å². The number of carbonyl (C=O) groups is 1. The molecule has 0 fully saturated rings. The standard InChI is InChI=1S/C34H31Cl2N3O6S/c1-43-27-10-4-22(5-11-27)20-39(21-23-6-12-28(44-2)13-7-23)46(41,42)32-19-26(18-30-29(32)14-15-37-34(30)45-3)38-33(40)16-24-8-9-25(35)17-31(24)36/h4-15,17-19H,16,20-21H2,1-3H3,(H,38,40). The van der Waals surface area contributed by atoms with Crippen molar-refractivity contribution in [1.29, 1.82) is 0 Å². The number of pyridine rings is 1. The third-order valence-corrected chi connectivity index (χ3v) is 9.72. The van der Waals surface area contributed by atoms with E-state index in [-0.39, 0.29) is 36.0 Å². The van der Waals surface area contributed by atoms with Crippen molar-refractivity contribution in [1.82, 2.24) is 9.29 Å². The molecule has 238 valence electrons. The highest BCUT2D eigenvalue weighted by atomic mass is 35.5. The number of hydrogen-bond acceptors (Lipinski definition) is 7. The number of anilines is 1. The maximum atomic E-state index is 14.7. The van der Waals surface area contributed by atoms with Gasteiger partial charge in [-0.2, -0.15) is 4.31 Å². The molecule has 12 heteroatoms. The van der Waals surface area contributed by atoms with Crippen LogP contribution in [0.25, 0.3) is 10.8 Å². The molecule has 0 spiro atoms. The fourth-order valence-electron chi connectivity index (χ4n) is 4.95. The second-order valence-corrected chi connectivity index (χ2v) is 13.1. The first-order valence-electron chi connectivity index (χ1n) is 14.1. The molecule has 46 heavy (non-hydrogen) atoms.